The van der Waals surface area contributed by atoms with Gasteiger partial charge in [-0.3, -0.25) is 9.59 Å². The van der Waals surface area contributed by atoms with Gasteiger partial charge in [0.2, 0.25) is 5.91 Å². The van der Waals surface area contributed by atoms with E-state index in [0.717, 1.165) is 62.7 Å². The van der Waals surface area contributed by atoms with Crippen LogP contribution in [0.1, 0.15) is 109 Å². The number of carboxylic acid groups (broad SMARTS) is 1. The van der Waals surface area contributed by atoms with E-state index in [1.807, 2.05) is 24.3 Å². The van der Waals surface area contributed by atoms with Crippen molar-refractivity contribution in [3.8, 4) is 5.75 Å². The van der Waals surface area contributed by atoms with Crippen molar-refractivity contribution >= 4 is 17.7 Å². The van der Waals surface area contributed by atoms with Gasteiger partial charge in [-0.1, -0.05) is 83.1 Å². The highest BCUT2D eigenvalue weighted by Crippen LogP contribution is 2.21. The molecule has 0 saturated heterocycles. The van der Waals surface area contributed by atoms with Crippen LogP contribution in [0.25, 0.3) is 0 Å². The van der Waals surface area contributed by atoms with E-state index in [-0.39, 0.29) is 0 Å². The summed E-state index contributed by atoms with van der Waals surface area (Å²) >= 11 is 0. The minimum absolute atomic E-state index is 0.339. The van der Waals surface area contributed by atoms with Crippen LogP contribution in [0.15, 0.2) is 36.4 Å². The number of aliphatic carboxylic acids is 1. The standard InChI is InChI=1S/C33H50NO6/c1-4-6-8-11-14-17-28(35)18-15-12-9-10-13-16-19-30(33(3,39)32(37)38)31(36)34-25-24-27-20-22-29(23-21-27)40-26-7-5-2/h3,16,19-23,25,30,39H,4-15,17-18,24,26H2,1-2H3,(H,34,36)(H,37,38)/b19-16+/t30-,33+/m1/s1. The Labute approximate surface area is 241 Å². The van der Waals surface area contributed by atoms with Crippen molar-refractivity contribution in [2.24, 2.45) is 5.92 Å². The molecule has 1 rings (SSSR count). The molecule has 1 aromatic carbocycles. The third kappa shape index (κ3) is 15.2. The van der Waals surface area contributed by atoms with Crippen LogP contribution in [0.4, 0.5) is 0 Å². The van der Waals surface area contributed by atoms with Gasteiger partial charge in [0, 0.05) is 19.8 Å². The van der Waals surface area contributed by atoms with Gasteiger partial charge in [-0.15, -0.1) is 0 Å². The first-order chi connectivity index (χ1) is 19.2. The Bertz CT molecular complexity index is 877. The monoisotopic (exact) mass is 556 g/mol. The molecule has 7 heteroatoms. The SMILES string of the molecule is [CH][C@@](O)(C(=O)O)[C@H](/C=C/CCCCCCC(=O)CCCCCCC)C(=O)N[CH]Cc1ccc(OCCCC)cc1. The molecular weight excluding hydrogens is 506 g/mol. The molecule has 0 aliphatic rings. The maximum absolute atomic E-state index is 12.7. The molecule has 223 valence electrons. The number of benzene rings is 1. The molecule has 40 heavy (non-hydrogen) atoms. The zero-order valence-corrected chi connectivity index (χ0v) is 24.5. The molecule has 0 bridgehead atoms. The van der Waals surface area contributed by atoms with Crippen LogP contribution in [0, 0.1) is 19.4 Å². The summed E-state index contributed by atoms with van der Waals surface area (Å²) in [6, 6.07) is 7.51. The number of aliphatic hydroxyl groups is 1. The third-order valence-corrected chi connectivity index (χ3v) is 6.84. The van der Waals surface area contributed by atoms with Gasteiger partial charge in [-0.05, 0) is 56.2 Å². The summed E-state index contributed by atoms with van der Waals surface area (Å²) in [7, 11) is 0. The molecule has 3 radical (unpaired) electrons. The van der Waals surface area contributed by atoms with Gasteiger partial charge in [0.1, 0.15) is 11.5 Å². The van der Waals surface area contributed by atoms with E-state index in [4.69, 9.17) is 11.7 Å². The maximum Gasteiger partial charge on any atom is 0.337 e. The normalized spacial score (nSPS) is 13.6. The lowest BCUT2D eigenvalue weighted by molar-refractivity contribution is -0.160. The number of unbranched alkanes of at least 4 members (excludes halogenated alkanes) is 9. The van der Waals surface area contributed by atoms with Crippen LogP contribution in [0.2, 0.25) is 0 Å². The molecule has 1 amide bonds. The lowest BCUT2D eigenvalue weighted by Gasteiger charge is -2.25. The first kappa shape index (κ1) is 35.4. The molecule has 7 nitrogen and oxygen atoms in total. The van der Waals surface area contributed by atoms with Gasteiger partial charge in [-0.25, -0.2) is 4.79 Å². The number of Topliss-reactive ketones (excluding diaryl/α,β-unsaturated/α-hetero) is 1. The molecule has 3 N–H and O–H groups in total. The number of hydrogen-bond acceptors (Lipinski definition) is 5. The molecule has 1 aromatic rings. The smallest absolute Gasteiger partial charge is 0.337 e. The number of carboxylic acids is 1. The molecular formula is C33H50NO6. The van der Waals surface area contributed by atoms with Crippen LogP contribution in [0.5, 0.6) is 5.75 Å². The predicted molar refractivity (Wildman–Crippen MR) is 159 cm³/mol. The number of rotatable bonds is 24. The van der Waals surface area contributed by atoms with E-state index < -0.39 is 23.4 Å². The molecule has 0 aromatic heterocycles. The molecule has 0 unspecified atom stereocenters. The van der Waals surface area contributed by atoms with Crippen molar-refractivity contribution in [1.82, 2.24) is 5.32 Å². The summed E-state index contributed by atoms with van der Waals surface area (Å²) in [5, 5.41) is 22.2. The van der Waals surface area contributed by atoms with Gasteiger partial charge in [0.15, 0.2) is 5.60 Å². The quantitative estimate of drug-likeness (QED) is 0.0970. The fraction of sp³-hybridized carbons (Fsp3) is 0.606. The van der Waals surface area contributed by atoms with Crippen molar-refractivity contribution in [1.29, 1.82) is 0 Å². The maximum atomic E-state index is 12.7. The highest BCUT2D eigenvalue weighted by molar-refractivity contribution is 5.91. The Kier molecular flexibility index (Phi) is 18.7. The minimum Gasteiger partial charge on any atom is -0.494 e. The van der Waals surface area contributed by atoms with Crippen molar-refractivity contribution in [3.05, 3.63) is 55.4 Å². The van der Waals surface area contributed by atoms with Crippen molar-refractivity contribution in [2.75, 3.05) is 6.61 Å². The number of hydrogen-bond donors (Lipinski definition) is 3. The van der Waals surface area contributed by atoms with E-state index in [2.05, 4.69) is 19.2 Å². The predicted octanol–water partition coefficient (Wildman–Crippen LogP) is 6.66. The highest BCUT2D eigenvalue weighted by atomic mass is 16.5. The van der Waals surface area contributed by atoms with Crippen LogP contribution >= 0.6 is 0 Å². The zero-order valence-electron chi connectivity index (χ0n) is 24.5. The lowest BCUT2D eigenvalue weighted by Crippen LogP contribution is -2.49. The second kappa shape index (κ2) is 21.1. The molecule has 0 spiro atoms. The Morgan fingerprint density at radius 1 is 0.925 bits per heavy atom. The molecule has 0 aliphatic carbocycles. The number of allylic oxidation sites excluding steroid dienone is 1. The van der Waals surface area contributed by atoms with Crippen molar-refractivity contribution in [2.45, 2.75) is 116 Å². The van der Waals surface area contributed by atoms with Gasteiger partial charge < -0.3 is 20.3 Å². The fourth-order valence-electron chi connectivity index (χ4n) is 4.20. The van der Waals surface area contributed by atoms with Crippen LogP contribution in [0.3, 0.4) is 0 Å². The Hall–Kier alpha value is -2.67. The molecule has 0 aliphatic heterocycles. The average molecular weight is 557 g/mol. The van der Waals surface area contributed by atoms with Crippen LogP contribution < -0.4 is 10.1 Å². The number of nitrogens with one attached hydrogen (secondary N) is 1. The number of carbonyl (C=O) groups excluding carboxylic acids is 2. The Balaban J connectivity index is 2.40. The second-order valence-electron chi connectivity index (χ2n) is 10.5. The molecule has 0 saturated carbocycles. The minimum atomic E-state index is -2.73. The lowest BCUT2D eigenvalue weighted by atomic mass is 9.87. The van der Waals surface area contributed by atoms with E-state index in [1.165, 1.54) is 31.9 Å². The average Bonchev–Trinajstić information content (AvgIpc) is 2.92. The summed E-state index contributed by atoms with van der Waals surface area (Å²) in [5.74, 6) is -2.71. The topological polar surface area (TPSA) is 113 Å². The van der Waals surface area contributed by atoms with Crippen molar-refractivity contribution in [3.63, 3.8) is 0 Å². The Morgan fingerprint density at radius 2 is 1.52 bits per heavy atom. The number of amides is 1. The van der Waals surface area contributed by atoms with Gasteiger partial charge >= 0.3 is 5.97 Å². The fourth-order valence-corrected chi connectivity index (χ4v) is 4.20. The zero-order chi connectivity index (χ0) is 29.6. The van der Waals surface area contributed by atoms with Crippen LogP contribution in [-0.2, 0) is 20.8 Å². The molecule has 0 heterocycles. The third-order valence-electron chi connectivity index (χ3n) is 6.84. The first-order valence-electron chi connectivity index (χ1n) is 15.0. The number of ketones is 1. The van der Waals surface area contributed by atoms with E-state index >= 15 is 0 Å². The van der Waals surface area contributed by atoms with E-state index in [0.29, 0.717) is 38.1 Å². The molecule has 2 atom stereocenters. The number of ether oxygens (including phenoxy) is 1. The largest absolute Gasteiger partial charge is 0.494 e. The second-order valence-corrected chi connectivity index (χ2v) is 10.5. The van der Waals surface area contributed by atoms with Gasteiger partial charge in [0.25, 0.3) is 0 Å². The first-order valence-corrected chi connectivity index (χ1v) is 15.0. The summed E-state index contributed by atoms with van der Waals surface area (Å²) in [6.45, 7) is 12.1. The van der Waals surface area contributed by atoms with Crippen molar-refractivity contribution < 1.29 is 29.3 Å². The summed E-state index contributed by atoms with van der Waals surface area (Å²) in [4.78, 5) is 36.2. The highest BCUT2D eigenvalue weighted by Gasteiger charge is 2.42. The molecule has 0 fully saturated rings. The summed E-state index contributed by atoms with van der Waals surface area (Å²) < 4.78 is 5.64. The van der Waals surface area contributed by atoms with Crippen LogP contribution in [-0.4, -0.2) is 40.1 Å². The number of carbonyl (C=O) groups is 3. The Morgan fingerprint density at radius 3 is 2.12 bits per heavy atom. The van der Waals surface area contributed by atoms with Gasteiger partial charge in [0.05, 0.1) is 19.1 Å². The van der Waals surface area contributed by atoms with E-state index in [1.54, 1.807) is 6.08 Å². The summed E-state index contributed by atoms with van der Waals surface area (Å²) in [5.41, 5.74) is -1.80. The summed E-state index contributed by atoms with van der Waals surface area (Å²) in [6.07, 6.45) is 16.7. The van der Waals surface area contributed by atoms with Gasteiger partial charge in [-0.2, -0.15) is 0 Å². The van der Waals surface area contributed by atoms with E-state index in [9.17, 15) is 24.6 Å².